The van der Waals surface area contributed by atoms with Gasteiger partial charge in [0, 0.05) is 11.1 Å². The lowest BCUT2D eigenvalue weighted by molar-refractivity contribution is 0.284. The van der Waals surface area contributed by atoms with Crippen molar-refractivity contribution >= 4 is 46.8 Å². The third-order valence-corrected chi connectivity index (χ3v) is 6.14. The van der Waals surface area contributed by atoms with Crippen molar-refractivity contribution in [3.63, 3.8) is 0 Å². The van der Waals surface area contributed by atoms with E-state index in [2.05, 4.69) is 4.18 Å². The maximum absolute atomic E-state index is 12.4. The number of hydrogen-bond acceptors (Lipinski definition) is 8. The Morgan fingerprint density at radius 1 is 0.960 bits per heavy atom. The predicted molar refractivity (Wildman–Crippen MR) is 87.7 cm³/mol. The molecule has 0 fully saturated rings. The number of nitrogens with two attached hydrogens (primary N) is 1. The van der Waals surface area contributed by atoms with Gasteiger partial charge >= 0.3 is 10.4 Å². The molecule has 0 aliphatic heterocycles. The van der Waals surface area contributed by atoms with E-state index in [0.29, 0.717) is 0 Å². The van der Waals surface area contributed by atoms with Gasteiger partial charge in [0.2, 0.25) is 0 Å². The van der Waals surface area contributed by atoms with Gasteiger partial charge in [0.25, 0.3) is 10.1 Å². The molecule has 2 aromatic rings. The van der Waals surface area contributed by atoms with Gasteiger partial charge in [-0.1, -0.05) is 6.07 Å². The van der Waals surface area contributed by atoms with E-state index >= 15 is 0 Å². The van der Waals surface area contributed by atoms with E-state index in [-0.39, 0.29) is 16.5 Å². The van der Waals surface area contributed by atoms with Gasteiger partial charge in [0.15, 0.2) is 9.84 Å². The molecule has 0 aliphatic rings. The lowest BCUT2D eigenvalue weighted by atomic mass is 10.1. The molecule has 0 unspecified atom stereocenters. The van der Waals surface area contributed by atoms with Gasteiger partial charge in [-0.15, -0.1) is 0 Å². The summed E-state index contributed by atoms with van der Waals surface area (Å²) in [5.74, 6) is -0.869. The van der Waals surface area contributed by atoms with Crippen molar-refractivity contribution < 1.29 is 38.5 Å². The zero-order valence-electron chi connectivity index (χ0n) is 12.4. The van der Waals surface area contributed by atoms with Crippen molar-refractivity contribution in [1.82, 2.24) is 0 Å². The Morgan fingerprint density at radius 2 is 1.60 bits per heavy atom. The third kappa shape index (κ3) is 4.87. The van der Waals surface area contributed by atoms with Crippen LogP contribution in [0.15, 0.2) is 40.1 Å². The average Bonchev–Trinajstić information content (AvgIpc) is 2.43. The highest BCUT2D eigenvalue weighted by molar-refractivity contribution is 7.91. The number of benzene rings is 2. The van der Waals surface area contributed by atoms with Crippen LogP contribution in [-0.2, 0) is 34.5 Å². The number of fused-ring (bicyclic) bond motifs is 1. The van der Waals surface area contributed by atoms with Gasteiger partial charge in [-0.2, -0.15) is 16.8 Å². The van der Waals surface area contributed by atoms with Crippen LogP contribution in [0.1, 0.15) is 0 Å². The maximum Gasteiger partial charge on any atom is 0.397 e. The Morgan fingerprint density at radius 3 is 2.16 bits per heavy atom. The molecule has 0 amide bonds. The lowest BCUT2D eigenvalue weighted by Crippen LogP contribution is -2.16. The van der Waals surface area contributed by atoms with E-state index in [9.17, 15) is 29.8 Å². The Bertz CT molecular complexity index is 1140. The van der Waals surface area contributed by atoms with E-state index in [1.807, 2.05) is 0 Å². The first kappa shape index (κ1) is 19.6. The van der Waals surface area contributed by atoms with Crippen LogP contribution in [0.5, 0.6) is 0 Å². The first-order valence-corrected chi connectivity index (χ1v) is 10.9. The van der Waals surface area contributed by atoms with Crippen LogP contribution in [0.3, 0.4) is 0 Å². The number of sulfone groups is 1. The van der Waals surface area contributed by atoms with E-state index in [0.717, 1.165) is 12.1 Å². The Kier molecular flexibility index (Phi) is 5.09. The maximum atomic E-state index is 12.4. The summed E-state index contributed by atoms with van der Waals surface area (Å²) >= 11 is 0. The Hall–Kier alpha value is -1.77. The second kappa shape index (κ2) is 6.51. The third-order valence-electron chi connectivity index (χ3n) is 3.13. The number of hydrogen-bond donors (Lipinski definition) is 3. The van der Waals surface area contributed by atoms with Crippen LogP contribution in [-0.4, -0.2) is 46.7 Å². The summed E-state index contributed by atoms with van der Waals surface area (Å²) in [6.45, 7) is -0.888. The highest BCUT2D eigenvalue weighted by Crippen LogP contribution is 2.29. The normalized spacial score (nSPS) is 13.2. The second-order valence-electron chi connectivity index (χ2n) is 4.95. The van der Waals surface area contributed by atoms with Crippen molar-refractivity contribution in [2.24, 2.45) is 0 Å². The topological polar surface area (TPSA) is 178 Å². The number of rotatable bonds is 6. The van der Waals surface area contributed by atoms with Crippen molar-refractivity contribution in [2.75, 3.05) is 18.1 Å². The molecule has 0 spiro atoms. The molecule has 0 aromatic heterocycles. The van der Waals surface area contributed by atoms with Gasteiger partial charge < -0.3 is 5.73 Å². The summed E-state index contributed by atoms with van der Waals surface area (Å²) in [4.78, 5) is -1.14. The molecule has 0 atom stereocenters. The minimum Gasteiger partial charge on any atom is -0.399 e. The summed E-state index contributed by atoms with van der Waals surface area (Å²) in [5, 5.41) is 0.262. The number of nitrogen functional groups attached to an aromatic ring is 1. The molecule has 0 heterocycles. The molecule has 2 aromatic carbocycles. The molecule has 0 aliphatic carbocycles. The zero-order valence-corrected chi connectivity index (χ0v) is 14.8. The summed E-state index contributed by atoms with van der Waals surface area (Å²) in [6, 6.07) is 5.87. The minimum absolute atomic E-state index is 0.0826. The standard InChI is InChI=1S/C12H13NO9S3/c13-9-2-1-8-5-10(24(16,17)18)7-12(11(8)6-9)23(14,15)4-3-22-25(19,20)21/h1-2,5-7H,3-4,13H2,(H,16,17,18)(H,19,20,21). The Balaban J connectivity index is 2.63. The predicted octanol–water partition coefficient (Wildman–Crippen LogP) is 0.262. The fourth-order valence-corrected chi connectivity index (χ4v) is 4.44. The van der Waals surface area contributed by atoms with Gasteiger partial charge in [0.1, 0.15) is 0 Å². The first-order valence-electron chi connectivity index (χ1n) is 6.45. The molecule has 2 rings (SSSR count). The quantitative estimate of drug-likeness (QED) is 0.441. The molecule has 13 heteroatoms. The van der Waals surface area contributed by atoms with Crippen LogP contribution in [0.25, 0.3) is 10.8 Å². The minimum atomic E-state index is -4.83. The summed E-state index contributed by atoms with van der Waals surface area (Å²) in [6.07, 6.45) is 0. The van der Waals surface area contributed by atoms with E-state index in [1.165, 1.54) is 18.2 Å². The van der Waals surface area contributed by atoms with Gasteiger partial charge in [0.05, 0.1) is 22.2 Å². The second-order valence-corrected chi connectivity index (χ2v) is 9.54. The van der Waals surface area contributed by atoms with Gasteiger partial charge in [-0.3, -0.25) is 9.11 Å². The van der Waals surface area contributed by atoms with Crippen molar-refractivity contribution in [3.05, 3.63) is 30.3 Å². The van der Waals surface area contributed by atoms with Crippen molar-refractivity contribution in [2.45, 2.75) is 9.79 Å². The van der Waals surface area contributed by atoms with Crippen LogP contribution >= 0.6 is 0 Å². The number of anilines is 1. The van der Waals surface area contributed by atoms with E-state index in [1.54, 1.807) is 0 Å². The Labute approximate surface area is 143 Å². The van der Waals surface area contributed by atoms with Crippen LogP contribution in [0.4, 0.5) is 5.69 Å². The highest BCUT2D eigenvalue weighted by Gasteiger charge is 2.23. The largest absolute Gasteiger partial charge is 0.399 e. The van der Waals surface area contributed by atoms with Crippen molar-refractivity contribution in [1.29, 1.82) is 0 Å². The van der Waals surface area contributed by atoms with E-state index < -0.39 is 52.5 Å². The summed E-state index contributed by atoms with van der Waals surface area (Å²) < 4.78 is 90.3. The molecule has 4 N–H and O–H groups in total. The zero-order chi connectivity index (χ0) is 19.0. The SMILES string of the molecule is Nc1ccc2cc(S(=O)(=O)O)cc(S(=O)(=O)CCOS(=O)(=O)O)c2c1. The lowest BCUT2D eigenvalue weighted by Gasteiger charge is -2.11. The molecule has 10 nitrogen and oxygen atoms in total. The fourth-order valence-electron chi connectivity index (χ4n) is 2.08. The summed E-state index contributed by atoms with van der Waals surface area (Å²) in [5.41, 5.74) is 5.82. The molecule has 0 radical (unpaired) electrons. The molecule has 0 saturated carbocycles. The molecule has 138 valence electrons. The first-order chi connectivity index (χ1) is 11.3. The highest BCUT2D eigenvalue weighted by atomic mass is 32.3. The molecule has 0 saturated heterocycles. The van der Waals surface area contributed by atoms with E-state index in [4.69, 9.17) is 10.3 Å². The average molecular weight is 411 g/mol. The van der Waals surface area contributed by atoms with Crippen LogP contribution in [0.2, 0.25) is 0 Å². The van der Waals surface area contributed by atoms with Crippen LogP contribution < -0.4 is 5.73 Å². The van der Waals surface area contributed by atoms with Gasteiger partial charge in [-0.05, 0) is 29.7 Å². The van der Waals surface area contributed by atoms with Crippen molar-refractivity contribution in [3.8, 4) is 0 Å². The summed E-state index contributed by atoms with van der Waals surface area (Å²) in [7, 11) is -13.8. The molecular formula is C12H13NO9S3. The van der Waals surface area contributed by atoms with Crippen LogP contribution in [0, 0.1) is 0 Å². The monoisotopic (exact) mass is 411 g/mol. The smallest absolute Gasteiger partial charge is 0.397 e. The molecule has 0 bridgehead atoms. The molecular weight excluding hydrogens is 398 g/mol. The molecule has 25 heavy (non-hydrogen) atoms. The fraction of sp³-hybridized carbons (Fsp3) is 0.167. The van der Waals surface area contributed by atoms with Gasteiger partial charge in [-0.25, -0.2) is 12.6 Å².